The number of benzene rings is 1. The molecule has 0 unspecified atom stereocenters. The van der Waals surface area contributed by atoms with Crippen molar-refractivity contribution in [3.63, 3.8) is 0 Å². The van der Waals surface area contributed by atoms with Gasteiger partial charge >= 0.3 is 5.97 Å². The summed E-state index contributed by atoms with van der Waals surface area (Å²) < 4.78 is 11.0. The molecule has 2 N–H and O–H groups in total. The van der Waals surface area contributed by atoms with Crippen LogP contribution in [0.1, 0.15) is 57.3 Å². The fraction of sp³-hybridized carbons (Fsp3) is 0.565. The first-order chi connectivity index (χ1) is 13.5. The van der Waals surface area contributed by atoms with Crippen molar-refractivity contribution in [1.29, 1.82) is 0 Å². The molecule has 0 aliphatic heterocycles. The zero-order valence-corrected chi connectivity index (χ0v) is 17.7. The van der Waals surface area contributed by atoms with Gasteiger partial charge in [-0.3, -0.25) is 4.79 Å². The quantitative estimate of drug-likeness (QED) is 0.747. The zero-order valence-electron chi connectivity index (χ0n) is 17.7. The number of methoxy groups -OCH3 is 1. The Bertz CT molecular complexity index is 857. The van der Waals surface area contributed by atoms with Gasteiger partial charge in [-0.1, -0.05) is 26.3 Å². The number of fused-ring (bicyclic) bond motifs is 1. The third-order valence-electron chi connectivity index (χ3n) is 6.78. The van der Waals surface area contributed by atoms with E-state index in [0.29, 0.717) is 19.3 Å². The molecule has 6 nitrogen and oxygen atoms in total. The molecule has 1 aromatic carbocycles. The summed E-state index contributed by atoms with van der Waals surface area (Å²) in [6, 6.07) is 4.26. The first-order valence-corrected chi connectivity index (χ1v) is 10.0. The monoisotopic (exact) mass is 402 g/mol. The van der Waals surface area contributed by atoms with E-state index in [4.69, 9.17) is 9.47 Å². The molecule has 0 amide bonds. The van der Waals surface area contributed by atoms with E-state index in [9.17, 15) is 19.8 Å². The zero-order chi connectivity index (χ0) is 21.6. The van der Waals surface area contributed by atoms with Crippen LogP contribution in [0.2, 0.25) is 0 Å². The van der Waals surface area contributed by atoms with Crippen molar-refractivity contribution < 1.29 is 29.3 Å². The highest BCUT2D eigenvalue weighted by Gasteiger charge is 2.62. The highest BCUT2D eigenvalue weighted by Crippen LogP contribution is 2.56. The van der Waals surface area contributed by atoms with Crippen LogP contribution in [0, 0.1) is 17.3 Å². The first kappa shape index (κ1) is 21.4. The summed E-state index contributed by atoms with van der Waals surface area (Å²) in [5.74, 6) is -1.07. The van der Waals surface area contributed by atoms with Crippen LogP contribution in [0.15, 0.2) is 29.8 Å². The van der Waals surface area contributed by atoms with Gasteiger partial charge in [0.25, 0.3) is 0 Å². The predicted molar refractivity (Wildman–Crippen MR) is 108 cm³/mol. The summed E-state index contributed by atoms with van der Waals surface area (Å²) in [7, 11) is 1.40. The van der Waals surface area contributed by atoms with Crippen LogP contribution >= 0.6 is 0 Å². The molecule has 4 atom stereocenters. The van der Waals surface area contributed by atoms with Crippen molar-refractivity contribution in [2.75, 3.05) is 7.11 Å². The van der Waals surface area contributed by atoms with Crippen LogP contribution in [0.4, 0.5) is 0 Å². The molecule has 0 radical (unpaired) electrons. The molecule has 2 aliphatic rings. The van der Waals surface area contributed by atoms with Gasteiger partial charge in [-0.2, -0.15) is 0 Å². The number of carbonyl (C=O) groups is 2. The van der Waals surface area contributed by atoms with Crippen molar-refractivity contribution in [1.82, 2.24) is 0 Å². The third-order valence-corrected chi connectivity index (χ3v) is 6.78. The van der Waals surface area contributed by atoms with E-state index in [1.54, 1.807) is 6.08 Å². The van der Waals surface area contributed by atoms with E-state index in [1.807, 2.05) is 27.7 Å². The molecule has 1 aromatic rings. The Kier molecular flexibility index (Phi) is 5.52. The molecule has 3 rings (SSSR count). The summed E-state index contributed by atoms with van der Waals surface area (Å²) in [5.41, 5.74) is -0.808. The number of allylic oxidation sites excluding steroid dienone is 1. The van der Waals surface area contributed by atoms with E-state index in [-0.39, 0.29) is 28.8 Å². The Labute approximate surface area is 171 Å². The molecule has 1 fully saturated rings. The maximum absolute atomic E-state index is 13.0. The van der Waals surface area contributed by atoms with E-state index in [2.05, 4.69) is 0 Å². The second-order valence-electron chi connectivity index (χ2n) is 8.93. The number of rotatable bonds is 4. The molecule has 1 saturated carbocycles. The van der Waals surface area contributed by atoms with Crippen LogP contribution in [0.3, 0.4) is 0 Å². The normalized spacial score (nSPS) is 31.8. The minimum Gasteiger partial charge on any atom is -0.504 e. The standard InChI is InChI=1S/C23H30O6/c1-13(2)23(27)9-8-22(4)19(25)11-14(3)10-18(20(22)23)29-21(26)15-6-7-16(24)17(12-15)28-5/h6-7,11-13,18,20,24,27H,8-10H2,1-5H3/t18-,20-,22-,23-/m1/s1. The highest BCUT2D eigenvalue weighted by molar-refractivity contribution is 5.96. The number of hydrogen-bond acceptors (Lipinski definition) is 6. The Morgan fingerprint density at radius 3 is 2.59 bits per heavy atom. The van der Waals surface area contributed by atoms with Gasteiger partial charge in [0.15, 0.2) is 17.3 Å². The summed E-state index contributed by atoms with van der Waals surface area (Å²) in [5, 5.41) is 21.3. The minimum atomic E-state index is -1.10. The molecule has 6 heteroatoms. The van der Waals surface area contributed by atoms with Crippen molar-refractivity contribution in [3.8, 4) is 11.5 Å². The Balaban J connectivity index is 1.98. The second kappa shape index (κ2) is 7.48. The lowest BCUT2D eigenvalue weighted by Gasteiger charge is -2.42. The van der Waals surface area contributed by atoms with E-state index in [0.717, 1.165) is 5.57 Å². The molecular weight excluding hydrogens is 372 g/mol. The van der Waals surface area contributed by atoms with Gasteiger partial charge in [0, 0.05) is 17.8 Å². The number of ether oxygens (including phenoxy) is 2. The molecule has 29 heavy (non-hydrogen) atoms. The number of carbonyl (C=O) groups excluding carboxylic acids is 2. The molecule has 0 heterocycles. The van der Waals surface area contributed by atoms with Gasteiger partial charge in [0.1, 0.15) is 6.10 Å². The minimum absolute atomic E-state index is 0.0126. The van der Waals surface area contributed by atoms with Crippen molar-refractivity contribution >= 4 is 11.8 Å². The van der Waals surface area contributed by atoms with Crippen LogP contribution in [-0.4, -0.2) is 40.8 Å². The first-order valence-electron chi connectivity index (χ1n) is 10.0. The Hall–Kier alpha value is -2.34. The molecule has 158 valence electrons. The third kappa shape index (κ3) is 3.54. The van der Waals surface area contributed by atoms with Gasteiger partial charge in [0.2, 0.25) is 0 Å². The van der Waals surface area contributed by atoms with Gasteiger partial charge in [-0.05, 0) is 50.0 Å². The summed E-state index contributed by atoms with van der Waals surface area (Å²) >= 11 is 0. The predicted octanol–water partition coefficient (Wildman–Crippen LogP) is 3.65. The smallest absolute Gasteiger partial charge is 0.338 e. The average molecular weight is 402 g/mol. The lowest BCUT2D eigenvalue weighted by atomic mass is 9.67. The fourth-order valence-corrected chi connectivity index (χ4v) is 4.98. The lowest BCUT2D eigenvalue weighted by Crippen LogP contribution is -2.51. The Morgan fingerprint density at radius 2 is 1.97 bits per heavy atom. The van der Waals surface area contributed by atoms with Gasteiger partial charge in [-0.25, -0.2) is 4.79 Å². The van der Waals surface area contributed by atoms with Crippen LogP contribution in [0.5, 0.6) is 11.5 Å². The van der Waals surface area contributed by atoms with E-state index in [1.165, 1.54) is 25.3 Å². The van der Waals surface area contributed by atoms with E-state index >= 15 is 0 Å². The largest absolute Gasteiger partial charge is 0.504 e. The van der Waals surface area contributed by atoms with Crippen molar-refractivity contribution in [2.24, 2.45) is 17.3 Å². The van der Waals surface area contributed by atoms with Gasteiger partial charge in [-0.15, -0.1) is 0 Å². The summed E-state index contributed by atoms with van der Waals surface area (Å²) in [6.45, 7) is 7.59. The average Bonchev–Trinajstić information content (AvgIpc) is 2.90. The molecular formula is C23H30O6. The van der Waals surface area contributed by atoms with Crippen LogP contribution < -0.4 is 4.74 Å². The fourth-order valence-electron chi connectivity index (χ4n) is 4.98. The van der Waals surface area contributed by atoms with Crippen LogP contribution in [0.25, 0.3) is 0 Å². The summed E-state index contributed by atoms with van der Waals surface area (Å²) in [4.78, 5) is 25.9. The lowest BCUT2D eigenvalue weighted by molar-refractivity contribution is -0.140. The number of esters is 1. The molecule has 0 bridgehead atoms. The highest BCUT2D eigenvalue weighted by atomic mass is 16.5. The van der Waals surface area contributed by atoms with Crippen molar-refractivity contribution in [3.05, 3.63) is 35.4 Å². The number of aromatic hydroxyl groups is 1. The molecule has 0 spiro atoms. The maximum atomic E-state index is 13.0. The number of ketones is 1. The topological polar surface area (TPSA) is 93.1 Å². The van der Waals surface area contributed by atoms with Gasteiger partial charge in [0.05, 0.1) is 18.3 Å². The second-order valence-corrected chi connectivity index (χ2v) is 8.93. The number of phenols is 1. The Morgan fingerprint density at radius 1 is 1.28 bits per heavy atom. The molecule has 0 aromatic heterocycles. The SMILES string of the molecule is COc1cc(C(=O)O[C@@H]2CC(C)=CC(=O)[C@@]3(C)CC[C@@](O)(C(C)C)[C@H]23)ccc1O. The molecule has 0 saturated heterocycles. The summed E-state index contributed by atoms with van der Waals surface area (Å²) in [6.07, 6.45) is 2.44. The maximum Gasteiger partial charge on any atom is 0.338 e. The molecule has 2 aliphatic carbocycles. The van der Waals surface area contributed by atoms with E-state index < -0.39 is 29.0 Å². The van der Waals surface area contributed by atoms with Gasteiger partial charge < -0.3 is 19.7 Å². The van der Waals surface area contributed by atoms with Crippen molar-refractivity contribution in [2.45, 2.75) is 58.7 Å². The van der Waals surface area contributed by atoms with Crippen LogP contribution in [-0.2, 0) is 9.53 Å². The number of hydrogen-bond donors (Lipinski definition) is 2. The number of aliphatic hydroxyl groups is 1. The number of phenolic OH excluding ortho intramolecular Hbond substituents is 1.